The summed E-state index contributed by atoms with van der Waals surface area (Å²) in [5, 5.41) is 0. The lowest BCUT2D eigenvalue weighted by Gasteiger charge is -2.29. The summed E-state index contributed by atoms with van der Waals surface area (Å²) in [6.45, 7) is 4.33. The number of nitrogens with zero attached hydrogens (tertiary/aromatic N) is 2. The number of aromatic nitrogens is 2. The minimum absolute atomic E-state index is 0.0645. The normalized spacial score (nSPS) is 19.9. The molecule has 1 aromatic carbocycles. The van der Waals surface area contributed by atoms with Gasteiger partial charge >= 0.3 is 0 Å². The highest BCUT2D eigenvalue weighted by Gasteiger charge is 2.24. The number of hydrogen-bond acceptors (Lipinski definition) is 2. The first-order valence-electron chi connectivity index (χ1n) is 7.51. The molecule has 1 heterocycles. The van der Waals surface area contributed by atoms with Crippen LogP contribution >= 0.6 is 0 Å². The van der Waals surface area contributed by atoms with Crippen molar-refractivity contribution in [2.24, 2.45) is 11.7 Å². The minimum Gasteiger partial charge on any atom is -0.330 e. The van der Waals surface area contributed by atoms with Crippen LogP contribution in [0.3, 0.4) is 0 Å². The second-order valence-corrected chi connectivity index (χ2v) is 6.16. The predicted molar refractivity (Wildman–Crippen MR) is 81.5 cm³/mol. The maximum atomic E-state index is 6.32. The zero-order valence-electron chi connectivity index (χ0n) is 12.3. The molecule has 0 radical (unpaired) electrons. The van der Waals surface area contributed by atoms with E-state index in [0.29, 0.717) is 12.0 Å². The number of fused-ring (bicyclic) bond motifs is 1. The predicted octanol–water partition coefficient (Wildman–Crippen LogP) is 3.27. The summed E-state index contributed by atoms with van der Waals surface area (Å²) in [6.07, 6.45) is 7.30. The number of rotatable bonds is 3. The van der Waals surface area contributed by atoms with Gasteiger partial charge in [0.1, 0.15) is 0 Å². The third-order valence-corrected chi connectivity index (χ3v) is 4.47. The summed E-state index contributed by atoms with van der Waals surface area (Å²) < 4.78 is 2.31. The van der Waals surface area contributed by atoms with E-state index in [0.717, 1.165) is 12.8 Å². The van der Waals surface area contributed by atoms with Gasteiger partial charge in [0.05, 0.1) is 12.0 Å². The van der Waals surface area contributed by atoms with Crippen molar-refractivity contribution < 1.29 is 0 Å². The number of nitrogens with two attached hydrogens (primary N) is 1. The summed E-state index contributed by atoms with van der Waals surface area (Å²) in [5.74, 6) is 0.432. The molecular weight excluding hydrogens is 246 g/mol. The minimum atomic E-state index is 0.0645. The molecule has 3 heteroatoms. The van der Waals surface area contributed by atoms with Crippen molar-refractivity contribution in [1.82, 2.24) is 9.55 Å². The Morgan fingerprint density at radius 3 is 2.75 bits per heavy atom. The molecule has 0 saturated heterocycles. The smallest absolute Gasteiger partial charge is 0.0951 e. The molecule has 20 heavy (non-hydrogen) atoms. The van der Waals surface area contributed by atoms with Crippen LogP contribution in [0.1, 0.15) is 49.2 Å². The number of aryl methyl sites for hydroxylation is 1. The lowest BCUT2D eigenvalue weighted by Crippen LogP contribution is -2.25. The summed E-state index contributed by atoms with van der Waals surface area (Å²) in [5.41, 5.74) is 10.5. The Bertz CT molecular complexity index is 585. The van der Waals surface area contributed by atoms with Crippen LogP contribution in [0.25, 0.3) is 0 Å². The molecule has 1 aliphatic rings. The monoisotopic (exact) mass is 269 g/mol. The summed E-state index contributed by atoms with van der Waals surface area (Å²) in [7, 11) is 0. The molecule has 0 spiro atoms. The SMILES string of the molecule is CC(C)C(N)c1cncn1C1CCc2ccccc2C1. The summed E-state index contributed by atoms with van der Waals surface area (Å²) in [4.78, 5) is 4.34. The third-order valence-electron chi connectivity index (χ3n) is 4.47. The molecule has 0 fully saturated rings. The molecule has 2 aromatic rings. The molecule has 0 aliphatic heterocycles. The highest BCUT2D eigenvalue weighted by atomic mass is 15.1. The van der Waals surface area contributed by atoms with Crippen molar-refractivity contribution in [1.29, 1.82) is 0 Å². The van der Waals surface area contributed by atoms with Crippen LogP contribution in [0.15, 0.2) is 36.8 Å². The fourth-order valence-electron chi connectivity index (χ4n) is 3.14. The molecule has 106 valence electrons. The fraction of sp³-hybridized carbons (Fsp3) is 0.471. The van der Waals surface area contributed by atoms with Crippen molar-refractivity contribution in [3.05, 3.63) is 53.6 Å². The van der Waals surface area contributed by atoms with E-state index in [4.69, 9.17) is 5.73 Å². The summed E-state index contributed by atoms with van der Waals surface area (Å²) >= 11 is 0. The van der Waals surface area contributed by atoms with E-state index in [-0.39, 0.29) is 6.04 Å². The van der Waals surface area contributed by atoms with Crippen molar-refractivity contribution >= 4 is 0 Å². The van der Waals surface area contributed by atoms with E-state index in [1.165, 1.54) is 23.2 Å². The molecule has 1 aliphatic carbocycles. The molecule has 3 nitrogen and oxygen atoms in total. The van der Waals surface area contributed by atoms with Crippen molar-refractivity contribution in [3.63, 3.8) is 0 Å². The van der Waals surface area contributed by atoms with Gasteiger partial charge < -0.3 is 10.3 Å². The first-order valence-corrected chi connectivity index (χ1v) is 7.51. The molecule has 0 bridgehead atoms. The Hall–Kier alpha value is -1.61. The molecule has 0 saturated carbocycles. The second kappa shape index (κ2) is 5.41. The summed E-state index contributed by atoms with van der Waals surface area (Å²) in [6, 6.07) is 9.33. The Balaban J connectivity index is 1.87. The zero-order valence-corrected chi connectivity index (χ0v) is 12.3. The molecule has 2 atom stereocenters. The van der Waals surface area contributed by atoms with E-state index >= 15 is 0 Å². The first kappa shape index (κ1) is 13.4. The van der Waals surface area contributed by atoms with Gasteiger partial charge in [0, 0.05) is 18.3 Å². The van der Waals surface area contributed by atoms with Crippen LogP contribution in [-0.4, -0.2) is 9.55 Å². The topological polar surface area (TPSA) is 43.8 Å². The molecule has 3 rings (SSSR count). The Morgan fingerprint density at radius 1 is 1.25 bits per heavy atom. The zero-order chi connectivity index (χ0) is 14.1. The van der Waals surface area contributed by atoms with E-state index < -0.39 is 0 Å². The van der Waals surface area contributed by atoms with Gasteiger partial charge in [-0.2, -0.15) is 0 Å². The maximum Gasteiger partial charge on any atom is 0.0951 e. The third kappa shape index (κ3) is 2.38. The standard InChI is InChI=1S/C17H23N3/c1-12(2)17(18)16-10-19-11-20(16)15-8-7-13-5-3-4-6-14(13)9-15/h3-6,10-12,15,17H,7-9,18H2,1-2H3. The Kier molecular flexibility index (Phi) is 3.62. The largest absolute Gasteiger partial charge is 0.330 e. The van der Waals surface area contributed by atoms with Crippen LogP contribution in [0.5, 0.6) is 0 Å². The lowest BCUT2D eigenvalue weighted by atomic mass is 9.88. The van der Waals surface area contributed by atoms with E-state index in [1.54, 1.807) is 0 Å². The van der Waals surface area contributed by atoms with E-state index in [1.807, 2.05) is 12.5 Å². The molecule has 2 unspecified atom stereocenters. The van der Waals surface area contributed by atoms with E-state index in [9.17, 15) is 0 Å². The van der Waals surface area contributed by atoms with Gasteiger partial charge in [0.2, 0.25) is 0 Å². The number of benzene rings is 1. The average molecular weight is 269 g/mol. The highest BCUT2D eigenvalue weighted by molar-refractivity contribution is 5.30. The van der Waals surface area contributed by atoms with Gasteiger partial charge in [0.25, 0.3) is 0 Å². The van der Waals surface area contributed by atoms with Crippen molar-refractivity contribution in [2.75, 3.05) is 0 Å². The molecule has 0 amide bonds. The van der Waals surface area contributed by atoms with Crippen LogP contribution < -0.4 is 5.73 Å². The van der Waals surface area contributed by atoms with E-state index in [2.05, 4.69) is 47.7 Å². The Morgan fingerprint density at radius 2 is 2.00 bits per heavy atom. The first-order chi connectivity index (χ1) is 9.66. The number of hydrogen-bond donors (Lipinski definition) is 1. The van der Waals surface area contributed by atoms with Crippen LogP contribution in [0.4, 0.5) is 0 Å². The highest BCUT2D eigenvalue weighted by Crippen LogP contribution is 2.31. The Labute approximate surface area is 120 Å². The van der Waals surface area contributed by atoms with Gasteiger partial charge in [-0.15, -0.1) is 0 Å². The maximum absolute atomic E-state index is 6.32. The molecular formula is C17H23N3. The van der Waals surface area contributed by atoms with Crippen LogP contribution in [-0.2, 0) is 12.8 Å². The number of imidazole rings is 1. The van der Waals surface area contributed by atoms with Gasteiger partial charge in [-0.3, -0.25) is 0 Å². The van der Waals surface area contributed by atoms with Gasteiger partial charge in [-0.1, -0.05) is 38.1 Å². The second-order valence-electron chi connectivity index (χ2n) is 6.16. The average Bonchev–Trinajstić information content (AvgIpc) is 2.95. The van der Waals surface area contributed by atoms with Gasteiger partial charge in [0.15, 0.2) is 0 Å². The van der Waals surface area contributed by atoms with Gasteiger partial charge in [-0.25, -0.2) is 4.98 Å². The van der Waals surface area contributed by atoms with Gasteiger partial charge in [-0.05, 0) is 36.3 Å². The van der Waals surface area contributed by atoms with Crippen molar-refractivity contribution in [2.45, 2.75) is 45.2 Å². The molecule has 1 aromatic heterocycles. The lowest BCUT2D eigenvalue weighted by molar-refractivity contribution is 0.399. The molecule has 2 N–H and O–H groups in total. The fourth-order valence-corrected chi connectivity index (χ4v) is 3.14. The van der Waals surface area contributed by atoms with Crippen LogP contribution in [0.2, 0.25) is 0 Å². The quantitative estimate of drug-likeness (QED) is 0.929. The van der Waals surface area contributed by atoms with Crippen LogP contribution in [0, 0.1) is 5.92 Å². The van der Waals surface area contributed by atoms with Crippen molar-refractivity contribution in [3.8, 4) is 0 Å².